The van der Waals surface area contributed by atoms with Crippen LogP contribution in [-0.2, 0) is 16.1 Å². The van der Waals surface area contributed by atoms with E-state index in [1.54, 1.807) is 42.6 Å². The van der Waals surface area contributed by atoms with Crippen LogP contribution in [0.1, 0.15) is 44.4 Å². The first-order chi connectivity index (χ1) is 19.0. The molecule has 0 unspecified atom stereocenters. The van der Waals surface area contributed by atoms with Crippen LogP contribution in [0.5, 0.6) is 0 Å². The number of rotatable bonds is 9. The van der Waals surface area contributed by atoms with Crippen molar-refractivity contribution >= 4 is 34.4 Å². The Morgan fingerprint density at radius 2 is 1.95 bits per heavy atom. The molecule has 1 fully saturated rings. The Bertz CT molecular complexity index is 1450. The monoisotopic (exact) mass is 548 g/mol. The van der Waals surface area contributed by atoms with Gasteiger partial charge < -0.3 is 19.7 Å². The molecule has 2 aromatic heterocycles. The fraction of sp³-hybridized carbons (Fsp3) is 0.321. The Labute approximate surface area is 230 Å². The summed E-state index contributed by atoms with van der Waals surface area (Å²) in [5.74, 6) is -0.528. The third-order valence-corrected chi connectivity index (χ3v) is 7.06. The zero-order valence-corrected chi connectivity index (χ0v) is 22.2. The summed E-state index contributed by atoms with van der Waals surface area (Å²) >= 11 is 6.41. The average molecular weight is 549 g/mol. The highest BCUT2D eigenvalue weighted by Crippen LogP contribution is 2.30. The molecule has 10 nitrogen and oxygen atoms in total. The van der Waals surface area contributed by atoms with Crippen molar-refractivity contribution < 1.29 is 19.1 Å². The molecule has 4 aromatic rings. The van der Waals surface area contributed by atoms with Crippen molar-refractivity contribution in [1.82, 2.24) is 30.4 Å². The Morgan fingerprint density at radius 1 is 1.13 bits per heavy atom. The number of amides is 2. The molecule has 0 radical (unpaired) electrons. The molecule has 2 atom stereocenters. The zero-order chi connectivity index (χ0) is 27.2. The van der Waals surface area contributed by atoms with Gasteiger partial charge in [0.15, 0.2) is 0 Å². The summed E-state index contributed by atoms with van der Waals surface area (Å²) in [5.41, 5.74) is 3.61. The molecule has 0 saturated carbocycles. The van der Waals surface area contributed by atoms with Crippen LogP contribution in [0, 0.1) is 0 Å². The molecule has 0 bridgehead atoms. The third kappa shape index (κ3) is 6.25. The van der Waals surface area contributed by atoms with Crippen LogP contribution in [0.3, 0.4) is 0 Å². The van der Waals surface area contributed by atoms with Gasteiger partial charge in [-0.3, -0.25) is 24.7 Å². The number of hydrogen-bond donors (Lipinski definition) is 2. The van der Waals surface area contributed by atoms with E-state index in [1.165, 1.54) is 0 Å². The number of benzene rings is 2. The normalized spacial score (nSPS) is 17.3. The number of H-pyrrole nitrogens is 1. The third-order valence-electron chi connectivity index (χ3n) is 6.77. The highest BCUT2D eigenvalue weighted by Gasteiger charge is 2.34. The summed E-state index contributed by atoms with van der Waals surface area (Å²) in [4.78, 5) is 37.0. The molecular weight excluding hydrogens is 520 g/mol. The second kappa shape index (κ2) is 12.3. The molecule has 5 rings (SSSR count). The largest absolute Gasteiger partial charge is 0.382 e. The molecule has 11 heteroatoms. The lowest BCUT2D eigenvalue weighted by Gasteiger charge is -2.39. The van der Waals surface area contributed by atoms with Crippen molar-refractivity contribution in [3.05, 3.63) is 88.5 Å². The highest BCUT2D eigenvalue weighted by molar-refractivity contribution is 6.35. The van der Waals surface area contributed by atoms with Gasteiger partial charge in [0.2, 0.25) is 0 Å². The van der Waals surface area contributed by atoms with E-state index in [2.05, 4.69) is 25.5 Å². The number of carbonyl (C=O) groups excluding carboxylic acids is 2. The second-order valence-electron chi connectivity index (χ2n) is 9.34. The van der Waals surface area contributed by atoms with Gasteiger partial charge in [-0.15, -0.1) is 0 Å². The van der Waals surface area contributed by atoms with Gasteiger partial charge in [0, 0.05) is 50.1 Å². The minimum Gasteiger partial charge on any atom is -0.382 e. The molecule has 202 valence electrons. The molecular formula is C28H29ClN6O4. The van der Waals surface area contributed by atoms with E-state index >= 15 is 0 Å². The van der Waals surface area contributed by atoms with E-state index < -0.39 is 0 Å². The summed E-state index contributed by atoms with van der Waals surface area (Å²) in [6.07, 6.45) is 3.72. The van der Waals surface area contributed by atoms with E-state index in [-0.39, 0.29) is 29.5 Å². The molecule has 2 amide bonds. The Kier molecular flexibility index (Phi) is 8.45. The van der Waals surface area contributed by atoms with Crippen molar-refractivity contribution in [2.45, 2.75) is 25.0 Å². The fourth-order valence-corrected chi connectivity index (χ4v) is 5.07. The minimum absolute atomic E-state index is 0.112. The van der Waals surface area contributed by atoms with Gasteiger partial charge in [0.25, 0.3) is 11.8 Å². The number of nitrogens with one attached hydrogen (secondary N) is 2. The second-order valence-corrected chi connectivity index (χ2v) is 9.75. The summed E-state index contributed by atoms with van der Waals surface area (Å²) in [6, 6.07) is 14.8. The average Bonchev–Trinajstić information content (AvgIpc) is 3.45. The Hall–Kier alpha value is -3.86. The minimum atomic E-state index is -0.278. The molecule has 1 saturated heterocycles. The van der Waals surface area contributed by atoms with Gasteiger partial charge in [0.1, 0.15) is 11.2 Å². The molecule has 2 N–H and O–H groups in total. The number of methoxy groups -OCH3 is 1. The van der Waals surface area contributed by atoms with Crippen LogP contribution in [0.25, 0.3) is 11.0 Å². The van der Waals surface area contributed by atoms with Crippen LogP contribution >= 0.6 is 11.6 Å². The molecule has 39 heavy (non-hydrogen) atoms. The molecule has 0 spiro atoms. The van der Waals surface area contributed by atoms with Crippen LogP contribution < -0.4 is 5.32 Å². The maximum atomic E-state index is 13.6. The van der Waals surface area contributed by atoms with Crippen molar-refractivity contribution in [3.63, 3.8) is 0 Å². The lowest BCUT2D eigenvalue weighted by atomic mass is 9.85. The van der Waals surface area contributed by atoms with Crippen molar-refractivity contribution in [3.8, 4) is 0 Å². The number of piperidine rings is 1. The van der Waals surface area contributed by atoms with Gasteiger partial charge in [-0.2, -0.15) is 5.10 Å². The van der Waals surface area contributed by atoms with E-state index in [9.17, 15) is 9.59 Å². The summed E-state index contributed by atoms with van der Waals surface area (Å²) in [5, 5.41) is 10.5. The fourth-order valence-electron chi connectivity index (χ4n) is 4.80. The first-order valence-electron chi connectivity index (χ1n) is 12.7. The van der Waals surface area contributed by atoms with Gasteiger partial charge in [-0.25, -0.2) is 0 Å². The number of hydrogen-bond acceptors (Lipinski definition) is 7. The van der Waals surface area contributed by atoms with Gasteiger partial charge in [0.05, 0.1) is 36.1 Å². The van der Waals surface area contributed by atoms with Crippen LogP contribution in [0.2, 0.25) is 5.02 Å². The number of nitrogens with zero attached hydrogens (tertiary/aromatic N) is 4. The molecule has 0 aliphatic carbocycles. The SMILES string of the molecule is COCCOCc1cc(C(=O)N[C@@H]2CCN(C(=O)c3cc(Cl)c4nccnc4c3)C[C@@H]2c2ccccc2)n[nH]1. The maximum absolute atomic E-state index is 13.6. The van der Waals surface area contributed by atoms with Gasteiger partial charge in [-0.05, 0) is 30.2 Å². The smallest absolute Gasteiger partial charge is 0.272 e. The topological polar surface area (TPSA) is 122 Å². The van der Waals surface area contributed by atoms with Crippen molar-refractivity contribution in [2.24, 2.45) is 0 Å². The molecule has 2 aromatic carbocycles. The number of fused-ring (bicyclic) bond motifs is 1. The first-order valence-corrected chi connectivity index (χ1v) is 13.1. The highest BCUT2D eigenvalue weighted by atomic mass is 35.5. The molecule has 1 aliphatic rings. The predicted molar refractivity (Wildman–Crippen MR) is 146 cm³/mol. The van der Waals surface area contributed by atoms with Crippen LogP contribution in [-0.4, -0.2) is 76.3 Å². The first kappa shape index (κ1) is 26.7. The van der Waals surface area contributed by atoms with Crippen molar-refractivity contribution in [1.29, 1.82) is 0 Å². The number of aromatic amines is 1. The maximum Gasteiger partial charge on any atom is 0.272 e. The summed E-state index contributed by atoms with van der Waals surface area (Å²) < 4.78 is 10.5. The quantitative estimate of drug-likeness (QED) is 0.306. The molecule has 1 aliphatic heterocycles. The predicted octanol–water partition coefficient (Wildman–Crippen LogP) is 3.60. The van der Waals surface area contributed by atoms with Crippen LogP contribution in [0.15, 0.2) is 60.9 Å². The van der Waals surface area contributed by atoms with E-state index in [1.807, 2.05) is 30.3 Å². The number of aromatic nitrogens is 4. The summed E-state index contributed by atoms with van der Waals surface area (Å²) in [6.45, 7) is 2.16. The summed E-state index contributed by atoms with van der Waals surface area (Å²) in [7, 11) is 1.61. The van der Waals surface area contributed by atoms with Gasteiger partial charge in [-0.1, -0.05) is 41.9 Å². The van der Waals surface area contributed by atoms with Gasteiger partial charge >= 0.3 is 0 Å². The Balaban J connectivity index is 1.31. The van der Waals surface area contributed by atoms with E-state index in [4.69, 9.17) is 21.1 Å². The van der Waals surface area contributed by atoms with Crippen LogP contribution in [0.4, 0.5) is 0 Å². The number of likely N-dealkylation sites (tertiary alicyclic amines) is 1. The lowest BCUT2D eigenvalue weighted by molar-refractivity contribution is 0.0602. The van der Waals surface area contributed by atoms with E-state index in [0.717, 1.165) is 5.56 Å². The number of ether oxygens (including phenoxy) is 2. The van der Waals surface area contributed by atoms with E-state index in [0.29, 0.717) is 66.6 Å². The zero-order valence-electron chi connectivity index (χ0n) is 21.5. The Morgan fingerprint density at radius 3 is 2.77 bits per heavy atom. The lowest BCUT2D eigenvalue weighted by Crippen LogP contribution is -2.51. The molecule has 3 heterocycles. The number of halogens is 1. The standard InChI is InChI=1S/C28H29ClN6O4/c1-38-11-12-39-17-20-15-25(34-33-20)27(36)32-23-7-10-35(16-21(23)18-5-3-2-4-6-18)28(37)19-13-22(29)26-24(14-19)30-8-9-31-26/h2-6,8-9,13-15,21,23H,7,10-12,16-17H2,1H3,(H,32,36)(H,33,34)/t21-,23-/m1/s1. The van der Waals surface area contributed by atoms with Crippen molar-refractivity contribution in [2.75, 3.05) is 33.4 Å². The number of carbonyl (C=O) groups is 2.